The lowest BCUT2D eigenvalue weighted by Gasteiger charge is -2.30. The van der Waals surface area contributed by atoms with Gasteiger partial charge in [-0.2, -0.15) is 0 Å². The van der Waals surface area contributed by atoms with Gasteiger partial charge in [0.25, 0.3) is 0 Å². The molecule has 5 nitrogen and oxygen atoms in total. The van der Waals surface area contributed by atoms with Gasteiger partial charge in [-0.15, -0.1) is 0 Å². The summed E-state index contributed by atoms with van der Waals surface area (Å²) < 4.78 is 11.0. The molecule has 0 bridgehead atoms. The van der Waals surface area contributed by atoms with Gasteiger partial charge < -0.3 is 24.8 Å². The van der Waals surface area contributed by atoms with E-state index in [0.717, 1.165) is 71.4 Å². The van der Waals surface area contributed by atoms with Crippen LogP contribution in [0.5, 0.6) is 11.5 Å². The summed E-state index contributed by atoms with van der Waals surface area (Å²) in [4.78, 5) is 3.05. The summed E-state index contributed by atoms with van der Waals surface area (Å²) in [7, 11) is 1.70. The number of rotatable bonds is 7. The van der Waals surface area contributed by atoms with Crippen LogP contribution in [0.3, 0.4) is 0 Å². The number of phenolic OH excluding ortho intramolecular Hbond substituents is 1. The van der Waals surface area contributed by atoms with Gasteiger partial charge in [0.15, 0.2) is 0 Å². The van der Waals surface area contributed by atoms with Crippen molar-refractivity contribution in [2.24, 2.45) is 0 Å². The molecule has 0 spiro atoms. The van der Waals surface area contributed by atoms with Crippen LogP contribution >= 0.6 is 12.2 Å². The third kappa shape index (κ3) is 5.52. The molecular weight excluding hydrogens is 396 g/mol. The minimum absolute atomic E-state index is 0.341. The van der Waals surface area contributed by atoms with Crippen LogP contribution in [0.2, 0.25) is 0 Å². The second-order valence-electron chi connectivity index (χ2n) is 7.37. The Morgan fingerprint density at radius 3 is 2.70 bits per heavy atom. The molecule has 2 N–H and O–H groups in total. The van der Waals surface area contributed by atoms with Gasteiger partial charge in [-0.05, 0) is 59.9 Å². The molecule has 0 aromatic heterocycles. The molecule has 2 aromatic rings. The lowest BCUT2D eigenvalue weighted by molar-refractivity contribution is 0.122. The number of hydrogen-bond acceptors (Lipinski definition) is 5. The van der Waals surface area contributed by atoms with E-state index in [0.29, 0.717) is 12.2 Å². The number of morpholine rings is 1. The largest absolute Gasteiger partial charge is 0.508 e. The molecule has 1 aliphatic heterocycles. The van der Waals surface area contributed by atoms with Crippen molar-refractivity contribution in [3.8, 4) is 11.5 Å². The first-order valence-corrected chi connectivity index (χ1v) is 10.7. The first kappa shape index (κ1) is 22.1. The van der Waals surface area contributed by atoms with Gasteiger partial charge in [0.05, 0.1) is 31.0 Å². The fourth-order valence-corrected chi connectivity index (χ4v) is 3.74. The lowest BCUT2D eigenvalue weighted by Crippen LogP contribution is -2.36. The fraction of sp³-hybridized carbons (Fsp3) is 0.375. The number of hydrogen-bond donors (Lipinski definition) is 2. The SMILES string of the molecule is CCc1cc(/C(C)=C/NC(=S)Cc2ccc(OC)c(N3CCOCC3)c2)ccc1O. The van der Waals surface area contributed by atoms with Gasteiger partial charge >= 0.3 is 0 Å². The molecule has 30 heavy (non-hydrogen) atoms. The van der Waals surface area contributed by atoms with Crippen LogP contribution in [0.4, 0.5) is 5.69 Å². The van der Waals surface area contributed by atoms with E-state index in [1.807, 2.05) is 38.2 Å². The maximum atomic E-state index is 9.88. The van der Waals surface area contributed by atoms with E-state index in [4.69, 9.17) is 21.7 Å². The molecule has 1 heterocycles. The Bertz CT molecular complexity index is 921. The Hall–Kier alpha value is -2.57. The maximum Gasteiger partial charge on any atom is 0.142 e. The molecule has 2 aromatic carbocycles. The summed E-state index contributed by atoms with van der Waals surface area (Å²) in [5, 5.41) is 13.1. The molecule has 1 fully saturated rings. The summed E-state index contributed by atoms with van der Waals surface area (Å²) >= 11 is 5.57. The van der Waals surface area contributed by atoms with Crippen LogP contribution in [0.25, 0.3) is 5.57 Å². The van der Waals surface area contributed by atoms with Crippen LogP contribution < -0.4 is 15.0 Å². The Kier molecular flexibility index (Phi) is 7.71. The summed E-state index contributed by atoms with van der Waals surface area (Å²) in [6.45, 7) is 7.24. The predicted molar refractivity (Wildman–Crippen MR) is 127 cm³/mol. The van der Waals surface area contributed by atoms with Crippen molar-refractivity contribution in [2.75, 3.05) is 38.3 Å². The molecule has 0 amide bonds. The monoisotopic (exact) mass is 426 g/mol. The van der Waals surface area contributed by atoms with Crippen LogP contribution in [0, 0.1) is 0 Å². The van der Waals surface area contributed by atoms with Gasteiger partial charge in [0.1, 0.15) is 11.5 Å². The lowest BCUT2D eigenvalue weighted by atomic mass is 10.0. The van der Waals surface area contributed by atoms with E-state index in [-0.39, 0.29) is 0 Å². The van der Waals surface area contributed by atoms with Crippen molar-refractivity contribution in [3.05, 3.63) is 59.3 Å². The number of methoxy groups -OCH3 is 1. The van der Waals surface area contributed by atoms with Gasteiger partial charge in [0, 0.05) is 25.7 Å². The maximum absolute atomic E-state index is 9.88. The van der Waals surface area contributed by atoms with Gasteiger partial charge in [-0.25, -0.2) is 0 Å². The second-order valence-corrected chi connectivity index (χ2v) is 7.87. The highest BCUT2D eigenvalue weighted by atomic mass is 32.1. The average molecular weight is 427 g/mol. The number of benzene rings is 2. The molecule has 1 aliphatic rings. The molecule has 6 heteroatoms. The standard InChI is InChI=1S/C24H30N2O3S/c1-4-19-15-20(6-7-22(19)27)17(2)16-25-24(30)14-18-5-8-23(28-3)21(13-18)26-9-11-29-12-10-26/h5-8,13,15-16,27H,4,9-12,14H2,1-3H3,(H,25,30)/b17-16+. The number of aromatic hydroxyl groups is 1. The molecular formula is C24H30N2O3S. The molecule has 160 valence electrons. The minimum atomic E-state index is 0.341. The molecule has 0 radical (unpaired) electrons. The van der Waals surface area contributed by atoms with Crippen molar-refractivity contribution in [3.63, 3.8) is 0 Å². The number of anilines is 1. The second kappa shape index (κ2) is 10.5. The Labute approximate surface area is 184 Å². The van der Waals surface area contributed by atoms with E-state index in [1.165, 1.54) is 0 Å². The normalized spacial score (nSPS) is 14.5. The Morgan fingerprint density at radius 2 is 2.00 bits per heavy atom. The number of aryl methyl sites for hydroxylation is 1. The topological polar surface area (TPSA) is 54.0 Å². The average Bonchev–Trinajstić information content (AvgIpc) is 2.78. The number of phenols is 1. The molecule has 1 saturated heterocycles. The van der Waals surface area contributed by atoms with Crippen LogP contribution in [-0.2, 0) is 17.6 Å². The number of thiocarbonyl (C=S) groups is 1. The highest BCUT2D eigenvalue weighted by Crippen LogP contribution is 2.30. The van der Waals surface area contributed by atoms with Gasteiger partial charge in [-0.1, -0.05) is 31.3 Å². The zero-order valence-corrected chi connectivity index (χ0v) is 18.7. The van der Waals surface area contributed by atoms with Crippen molar-refractivity contribution < 1.29 is 14.6 Å². The van der Waals surface area contributed by atoms with Crippen LogP contribution in [0.15, 0.2) is 42.6 Å². The van der Waals surface area contributed by atoms with Gasteiger partial charge in [-0.3, -0.25) is 0 Å². The van der Waals surface area contributed by atoms with Crippen LogP contribution in [0.1, 0.15) is 30.5 Å². The highest BCUT2D eigenvalue weighted by molar-refractivity contribution is 7.80. The van der Waals surface area contributed by atoms with Crippen molar-refractivity contribution in [1.29, 1.82) is 0 Å². The number of nitrogens with one attached hydrogen (secondary N) is 1. The van der Waals surface area contributed by atoms with E-state index in [2.05, 4.69) is 22.3 Å². The van der Waals surface area contributed by atoms with Crippen LogP contribution in [-0.4, -0.2) is 43.5 Å². The first-order chi connectivity index (χ1) is 14.5. The third-order valence-corrected chi connectivity index (χ3v) is 5.59. The summed E-state index contributed by atoms with van der Waals surface area (Å²) in [5.74, 6) is 1.21. The number of allylic oxidation sites excluding steroid dienone is 1. The molecule has 0 unspecified atom stereocenters. The Balaban J connectivity index is 1.67. The van der Waals surface area contributed by atoms with E-state index < -0.39 is 0 Å². The third-order valence-electron chi connectivity index (χ3n) is 5.33. The van der Waals surface area contributed by atoms with Crippen molar-refractivity contribution >= 4 is 28.5 Å². The highest BCUT2D eigenvalue weighted by Gasteiger charge is 2.16. The zero-order valence-electron chi connectivity index (χ0n) is 17.9. The number of ether oxygens (including phenoxy) is 2. The first-order valence-electron chi connectivity index (χ1n) is 10.3. The zero-order chi connectivity index (χ0) is 21.5. The van der Waals surface area contributed by atoms with E-state index in [1.54, 1.807) is 13.2 Å². The van der Waals surface area contributed by atoms with Gasteiger partial charge in [0.2, 0.25) is 0 Å². The summed E-state index contributed by atoms with van der Waals surface area (Å²) in [6.07, 6.45) is 3.37. The minimum Gasteiger partial charge on any atom is -0.508 e. The molecule has 0 atom stereocenters. The van der Waals surface area contributed by atoms with Crippen molar-refractivity contribution in [1.82, 2.24) is 5.32 Å². The predicted octanol–water partition coefficient (Wildman–Crippen LogP) is 4.32. The van der Waals surface area contributed by atoms with E-state index >= 15 is 0 Å². The summed E-state index contributed by atoms with van der Waals surface area (Å²) in [6, 6.07) is 11.9. The molecule has 0 aliphatic carbocycles. The summed E-state index contributed by atoms with van der Waals surface area (Å²) in [5.41, 5.74) is 5.30. The number of nitrogens with zero attached hydrogens (tertiary/aromatic N) is 1. The fourth-order valence-electron chi connectivity index (χ4n) is 3.52. The quantitative estimate of drug-likeness (QED) is 0.643. The van der Waals surface area contributed by atoms with Crippen molar-refractivity contribution in [2.45, 2.75) is 26.7 Å². The smallest absolute Gasteiger partial charge is 0.142 e. The van der Waals surface area contributed by atoms with E-state index in [9.17, 15) is 5.11 Å². The molecule has 3 rings (SSSR count). The Morgan fingerprint density at radius 1 is 1.23 bits per heavy atom. The molecule has 0 saturated carbocycles.